The smallest absolute Gasteiger partial charge is 0.462 e. The van der Waals surface area contributed by atoms with Gasteiger partial charge in [-0.05, 0) is 32.1 Å². The fourth-order valence-corrected chi connectivity index (χ4v) is 10.4. The first-order valence-corrected chi connectivity index (χ1v) is 31.0. The Morgan fingerprint density at radius 1 is 0.423 bits per heavy atom. The highest BCUT2D eigenvalue weighted by Gasteiger charge is 2.51. The van der Waals surface area contributed by atoms with Crippen molar-refractivity contribution in [1.82, 2.24) is 0 Å². The number of unbranched alkanes of at least 4 members (excludes halogenated alkanes) is 37. The van der Waals surface area contributed by atoms with Crippen LogP contribution in [0, 0.1) is 0 Å². The molecule has 1 saturated carbocycles. The van der Waals surface area contributed by atoms with Gasteiger partial charge in [0.25, 0.3) is 0 Å². The Bertz CT molecular complexity index is 1290. The molecule has 1 rings (SSSR count). The second-order valence-corrected chi connectivity index (χ2v) is 22.3. The molecule has 0 heterocycles. The summed E-state index contributed by atoms with van der Waals surface area (Å²) in [5.41, 5.74) is 0. The fourth-order valence-electron chi connectivity index (χ4n) is 9.41. The molecular formula is C57H109O13P. The van der Waals surface area contributed by atoms with Crippen LogP contribution < -0.4 is 0 Å². The van der Waals surface area contributed by atoms with Crippen molar-refractivity contribution in [2.24, 2.45) is 0 Å². The molecule has 1 fully saturated rings. The van der Waals surface area contributed by atoms with Gasteiger partial charge in [0.1, 0.15) is 43.2 Å². The van der Waals surface area contributed by atoms with Crippen molar-refractivity contribution in [3.63, 3.8) is 0 Å². The van der Waals surface area contributed by atoms with Gasteiger partial charge in [-0.3, -0.25) is 18.6 Å². The second kappa shape index (κ2) is 47.1. The van der Waals surface area contributed by atoms with Crippen LogP contribution in [0.5, 0.6) is 0 Å². The predicted molar refractivity (Wildman–Crippen MR) is 286 cm³/mol. The summed E-state index contributed by atoms with van der Waals surface area (Å²) in [6, 6.07) is 0. The van der Waals surface area contributed by atoms with Crippen molar-refractivity contribution in [3.8, 4) is 0 Å². The number of aliphatic hydroxyl groups excluding tert-OH is 5. The zero-order chi connectivity index (χ0) is 52.1. The maximum absolute atomic E-state index is 12.9. The molecule has 6 N–H and O–H groups in total. The lowest BCUT2D eigenvalue weighted by Crippen LogP contribution is -2.64. The first-order chi connectivity index (χ1) is 34.4. The first kappa shape index (κ1) is 67.6. The minimum atomic E-state index is -5.13. The van der Waals surface area contributed by atoms with Crippen molar-refractivity contribution in [2.45, 2.75) is 326 Å². The molecule has 0 aromatic carbocycles. The van der Waals surface area contributed by atoms with Crippen molar-refractivity contribution in [2.75, 3.05) is 13.2 Å². The van der Waals surface area contributed by atoms with Gasteiger partial charge in [0.05, 0.1) is 6.61 Å². The van der Waals surface area contributed by atoms with Gasteiger partial charge in [-0.1, -0.05) is 251 Å². The maximum Gasteiger partial charge on any atom is 0.472 e. The number of carbonyl (C=O) groups excluding carboxylic acids is 2. The van der Waals surface area contributed by atoms with Gasteiger partial charge in [-0.15, -0.1) is 0 Å². The number of phosphoric acid groups is 1. The van der Waals surface area contributed by atoms with E-state index in [1.807, 2.05) is 0 Å². The monoisotopic (exact) mass is 1030 g/mol. The van der Waals surface area contributed by atoms with Crippen molar-refractivity contribution in [1.29, 1.82) is 0 Å². The van der Waals surface area contributed by atoms with Crippen LogP contribution >= 0.6 is 7.82 Å². The van der Waals surface area contributed by atoms with Gasteiger partial charge in [0, 0.05) is 12.8 Å². The molecule has 71 heavy (non-hydrogen) atoms. The molecule has 0 saturated heterocycles. The van der Waals surface area contributed by atoms with E-state index in [1.54, 1.807) is 0 Å². The molecule has 1 aliphatic carbocycles. The van der Waals surface area contributed by atoms with Crippen molar-refractivity contribution >= 4 is 19.8 Å². The largest absolute Gasteiger partial charge is 0.472 e. The number of hydrogen-bond donors (Lipinski definition) is 6. The molecule has 0 radical (unpaired) electrons. The van der Waals surface area contributed by atoms with E-state index in [9.17, 15) is 44.6 Å². The summed E-state index contributed by atoms with van der Waals surface area (Å²) in [6.45, 7) is 3.35. The van der Waals surface area contributed by atoms with E-state index in [1.165, 1.54) is 205 Å². The molecule has 0 aromatic rings. The highest BCUT2D eigenvalue weighted by Crippen LogP contribution is 2.47. The number of phosphoric ester groups is 1. The number of ether oxygens (including phenoxy) is 2. The Hall–Kier alpha value is -1.41. The molecule has 14 heteroatoms. The third-order valence-corrected chi connectivity index (χ3v) is 15.1. The summed E-state index contributed by atoms with van der Waals surface area (Å²) in [5.74, 6) is -1.12. The second-order valence-electron chi connectivity index (χ2n) is 20.9. The summed E-state index contributed by atoms with van der Waals surface area (Å²) in [6.07, 6.45) is 41.3. The van der Waals surface area contributed by atoms with Crippen LogP contribution in [-0.2, 0) is 32.7 Å². The first-order valence-electron chi connectivity index (χ1n) is 29.5. The van der Waals surface area contributed by atoms with Crippen LogP contribution in [0.2, 0.25) is 0 Å². The molecule has 0 aliphatic heterocycles. The van der Waals surface area contributed by atoms with Gasteiger partial charge in [0.15, 0.2) is 6.10 Å². The summed E-state index contributed by atoms with van der Waals surface area (Å²) in [5, 5.41) is 50.4. The van der Waals surface area contributed by atoms with E-state index >= 15 is 0 Å². The molecule has 8 atom stereocenters. The average molecular weight is 1030 g/mol. The Morgan fingerprint density at radius 3 is 1.11 bits per heavy atom. The number of allylic oxidation sites excluding steroid dienone is 2. The minimum Gasteiger partial charge on any atom is -0.462 e. The molecule has 1 aliphatic rings. The van der Waals surface area contributed by atoms with Gasteiger partial charge >= 0.3 is 19.8 Å². The molecule has 0 amide bonds. The quantitative estimate of drug-likeness (QED) is 0.0145. The van der Waals surface area contributed by atoms with Gasteiger partial charge < -0.3 is 39.9 Å². The lowest BCUT2D eigenvalue weighted by molar-refractivity contribution is -0.220. The third kappa shape index (κ3) is 38.8. The predicted octanol–water partition coefficient (Wildman–Crippen LogP) is 13.7. The average Bonchev–Trinajstić information content (AvgIpc) is 3.35. The van der Waals surface area contributed by atoms with E-state index in [0.29, 0.717) is 19.3 Å². The fraction of sp³-hybridized carbons (Fsp3) is 0.930. The Morgan fingerprint density at radius 2 is 0.732 bits per heavy atom. The Kier molecular flexibility index (Phi) is 44.8. The zero-order valence-corrected chi connectivity index (χ0v) is 46.2. The van der Waals surface area contributed by atoms with Crippen molar-refractivity contribution in [3.05, 3.63) is 12.2 Å². The van der Waals surface area contributed by atoms with E-state index in [-0.39, 0.29) is 12.8 Å². The number of aliphatic hydroxyl groups is 5. The van der Waals surface area contributed by atoms with Crippen LogP contribution in [0.1, 0.15) is 284 Å². The van der Waals surface area contributed by atoms with Crippen LogP contribution in [-0.4, -0.2) is 98.3 Å². The summed E-state index contributed by atoms with van der Waals surface area (Å²) in [7, 11) is -5.13. The summed E-state index contributed by atoms with van der Waals surface area (Å²) >= 11 is 0. The topological polar surface area (TPSA) is 210 Å². The molecule has 0 aromatic heterocycles. The molecule has 0 spiro atoms. The summed E-state index contributed by atoms with van der Waals surface area (Å²) in [4.78, 5) is 35.9. The van der Waals surface area contributed by atoms with Crippen molar-refractivity contribution < 1.29 is 63.1 Å². The number of hydrogen-bond acceptors (Lipinski definition) is 12. The highest BCUT2D eigenvalue weighted by atomic mass is 31.2. The van der Waals surface area contributed by atoms with Gasteiger partial charge in [0.2, 0.25) is 0 Å². The highest BCUT2D eigenvalue weighted by molar-refractivity contribution is 7.47. The van der Waals surface area contributed by atoms with E-state index in [0.717, 1.165) is 32.1 Å². The lowest BCUT2D eigenvalue weighted by atomic mass is 9.85. The van der Waals surface area contributed by atoms with E-state index in [4.69, 9.17) is 18.5 Å². The molecule has 6 unspecified atom stereocenters. The Balaban J connectivity index is 2.32. The Labute approximate surface area is 433 Å². The van der Waals surface area contributed by atoms with Crippen LogP contribution in [0.15, 0.2) is 12.2 Å². The number of esters is 2. The minimum absolute atomic E-state index is 0.0982. The van der Waals surface area contributed by atoms with Gasteiger partial charge in [-0.2, -0.15) is 0 Å². The molecule has 13 nitrogen and oxygen atoms in total. The lowest BCUT2D eigenvalue weighted by Gasteiger charge is -2.41. The SMILES string of the molecule is CCCCCCCCCCCCCCCCCCCC/C=C/CCCC(=O)OC[C@@H](COP(=O)(O)OC1C(O)C(O)C(O)[C@H](O)C1O)OC(=O)CCCCCCCCCCCCCCCCCCCCC. The standard InChI is InChI=1S/C57H109O13P/c1-3-5-7-9-11-13-15-17-19-21-23-24-25-26-28-29-31-33-35-37-39-41-43-45-50(58)67-47-49(48-68-71(65,66)70-57-55(63)53(61)52(60)54(62)56(57)64)69-51(59)46-44-42-40-38-36-34-32-30-27-22-20-18-16-14-12-10-8-6-4-2/h37,39,49,52-57,60-64H,3-36,38,40-48H2,1-2H3,(H,65,66)/b39-37+/t49-,52?,53-,54?,55?,56?,57?/m0/s1. The normalized spacial score (nSPS) is 20.6. The summed E-state index contributed by atoms with van der Waals surface area (Å²) < 4.78 is 33.7. The zero-order valence-electron chi connectivity index (χ0n) is 45.3. The van der Waals surface area contributed by atoms with Crippen LogP contribution in [0.25, 0.3) is 0 Å². The van der Waals surface area contributed by atoms with Crippen LogP contribution in [0.4, 0.5) is 0 Å². The number of rotatable bonds is 51. The van der Waals surface area contributed by atoms with E-state index in [2.05, 4.69) is 26.0 Å². The molecule has 0 bridgehead atoms. The van der Waals surface area contributed by atoms with E-state index < -0.39 is 75.7 Å². The number of carbonyl (C=O) groups is 2. The molecular weight excluding hydrogens is 924 g/mol. The third-order valence-electron chi connectivity index (χ3n) is 14.1. The van der Waals surface area contributed by atoms with Crippen LogP contribution in [0.3, 0.4) is 0 Å². The molecule has 420 valence electrons. The maximum atomic E-state index is 12.9. The van der Waals surface area contributed by atoms with Gasteiger partial charge in [-0.25, -0.2) is 4.57 Å².